The second kappa shape index (κ2) is 9.24. The molecule has 0 saturated heterocycles. The molecule has 0 bridgehead atoms. The predicted molar refractivity (Wildman–Crippen MR) is 129 cm³/mol. The van der Waals surface area contributed by atoms with E-state index < -0.39 is 0 Å². The smallest absolute Gasteiger partial charge is 0.287 e. The first-order valence-electron chi connectivity index (χ1n) is 10.4. The molecule has 2 aromatic heterocycles. The summed E-state index contributed by atoms with van der Waals surface area (Å²) in [6, 6.07) is 14.3. The molecule has 2 N–H and O–H groups in total. The molecule has 1 aromatic carbocycles. The number of fused-ring (bicyclic) bond motifs is 1. The first-order valence-corrected chi connectivity index (χ1v) is 11.4. The lowest BCUT2D eigenvalue weighted by Crippen LogP contribution is -2.34. The van der Waals surface area contributed by atoms with Gasteiger partial charge < -0.3 is 20.0 Å². The van der Waals surface area contributed by atoms with Crippen molar-refractivity contribution >= 4 is 50.9 Å². The Morgan fingerprint density at radius 1 is 1.17 bits per heavy atom. The number of rotatable bonds is 6. The molecule has 0 radical (unpaired) electrons. The van der Waals surface area contributed by atoms with Crippen LogP contribution in [0, 0.1) is 9.68 Å². The number of pyridine rings is 1. The van der Waals surface area contributed by atoms with Gasteiger partial charge in [0, 0.05) is 43.8 Å². The average Bonchev–Trinajstić information content (AvgIpc) is 3.19. The molecule has 7 heteroatoms. The number of aromatic nitrogens is 1. The third-order valence-corrected chi connectivity index (χ3v) is 6.30. The average molecular weight is 518 g/mol. The molecule has 0 unspecified atom stereocenters. The lowest BCUT2D eigenvalue weighted by molar-refractivity contribution is 0.0914. The van der Waals surface area contributed by atoms with Crippen molar-refractivity contribution in [2.24, 2.45) is 5.92 Å². The Bertz CT molecular complexity index is 1020. The van der Waals surface area contributed by atoms with Crippen LogP contribution in [0.3, 0.4) is 0 Å². The number of carbonyl (C=O) groups is 1. The van der Waals surface area contributed by atoms with Gasteiger partial charge in [-0.25, -0.2) is 4.98 Å². The fraction of sp³-hybridized carbons (Fsp3) is 0.391. The van der Waals surface area contributed by atoms with E-state index in [9.17, 15) is 4.79 Å². The number of amides is 1. The molecule has 0 aliphatic heterocycles. The van der Waals surface area contributed by atoms with Crippen molar-refractivity contribution in [2.45, 2.75) is 31.7 Å². The molecular formula is C23H27IN4O2. The molecule has 3 aromatic rings. The Labute approximate surface area is 190 Å². The topological polar surface area (TPSA) is 70.4 Å². The van der Waals surface area contributed by atoms with Gasteiger partial charge in [-0.1, -0.05) is 18.2 Å². The standard InChI is InChI=1S/C23H27IN4O2/c1-28(2)19-13-22(27-18-6-4-3-5-17(18)19)26-16-9-7-15(8-10-16)14-25-23(29)20-11-12-21(24)30-20/h3-6,11-13,15-16H,7-10,14H2,1-2H3,(H,25,29)(H,26,27). The monoisotopic (exact) mass is 518 g/mol. The number of anilines is 2. The van der Waals surface area contributed by atoms with Crippen LogP contribution in [0.25, 0.3) is 10.9 Å². The maximum Gasteiger partial charge on any atom is 0.287 e. The van der Waals surface area contributed by atoms with Gasteiger partial charge in [0.25, 0.3) is 5.91 Å². The molecule has 1 aliphatic carbocycles. The summed E-state index contributed by atoms with van der Waals surface area (Å²) in [4.78, 5) is 19.1. The summed E-state index contributed by atoms with van der Waals surface area (Å²) < 4.78 is 6.11. The highest BCUT2D eigenvalue weighted by Gasteiger charge is 2.23. The number of nitrogens with zero attached hydrogens (tertiary/aromatic N) is 2. The van der Waals surface area contributed by atoms with Crippen molar-refractivity contribution in [3.05, 3.63) is 52.0 Å². The van der Waals surface area contributed by atoms with Crippen LogP contribution >= 0.6 is 22.6 Å². The van der Waals surface area contributed by atoms with Crippen molar-refractivity contribution in [1.82, 2.24) is 10.3 Å². The Balaban J connectivity index is 1.32. The van der Waals surface area contributed by atoms with E-state index >= 15 is 0 Å². The molecule has 1 saturated carbocycles. The van der Waals surface area contributed by atoms with Gasteiger partial charge in [-0.3, -0.25) is 4.79 Å². The molecule has 4 rings (SSSR count). The zero-order valence-corrected chi connectivity index (χ0v) is 19.5. The van der Waals surface area contributed by atoms with Crippen molar-refractivity contribution in [2.75, 3.05) is 30.9 Å². The van der Waals surface area contributed by atoms with E-state index in [1.54, 1.807) is 12.1 Å². The van der Waals surface area contributed by atoms with Crippen LogP contribution in [0.2, 0.25) is 0 Å². The van der Waals surface area contributed by atoms with E-state index in [-0.39, 0.29) is 5.91 Å². The minimum Gasteiger partial charge on any atom is -0.445 e. The summed E-state index contributed by atoms with van der Waals surface area (Å²) in [5.41, 5.74) is 2.18. The van der Waals surface area contributed by atoms with E-state index in [0.29, 0.717) is 24.3 Å². The molecule has 1 aliphatic rings. The minimum atomic E-state index is -0.130. The molecule has 0 atom stereocenters. The third kappa shape index (κ3) is 4.88. The zero-order chi connectivity index (χ0) is 21.1. The van der Waals surface area contributed by atoms with Gasteiger partial charge in [0.2, 0.25) is 0 Å². The van der Waals surface area contributed by atoms with E-state index in [4.69, 9.17) is 9.40 Å². The van der Waals surface area contributed by atoms with Gasteiger partial charge in [0.1, 0.15) is 5.82 Å². The summed E-state index contributed by atoms with van der Waals surface area (Å²) >= 11 is 2.07. The number of hydrogen-bond acceptors (Lipinski definition) is 5. The summed E-state index contributed by atoms with van der Waals surface area (Å²) in [6.07, 6.45) is 4.32. The van der Waals surface area contributed by atoms with Crippen LogP contribution in [0.5, 0.6) is 0 Å². The zero-order valence-electron chi connectivity index (χ0n) is 17.3. The minimum absolute atomic E-state index is 0.130. The van der Waals surface area contributed by atoms with Gasteiger partial charge in [-0.2, -0.15) is 0 Å². The molecule has 1 fully saturated rings. The number of furan rings is 1. The fourth-order valence-corrected chi connectivity index (χ4v) is 4.50. The highest BCUT2D eigenvalue weighted by atomic mass is 127. The highest BCUT2D eigenvalue weighted by Crippen LogP contribution is 2.30. The van der Waals surface area contributed by atoms with Crippen LogP contribution < -0.4 is 15.5 Å². The molecular weight excluding hydrogens is 491 g/mol. The quantitative estimate of drug-likeness (QED) is 0.455. The van der Waals surface area contributed by atoms with Crippen LogP contribution in [-0.2, 0) is 0 Å². The molecule has 158 valence electrons. The largest absolute Gasteiger partial charge is 0.445 e. The van der Waals surface area contributed by atoms with E-state index in [1.807, 2.05) is 6.07 Å². The Kier molecular flexibility index (Phi) is 6.46. The van der Waals surface area contributed by atoms with Crippen LogP contribution in [-0.4, -0.2) is 37.6 Å². The first-order chi connectivity index (χ1) is 14.5. The van der Waals surface area contributed by atoms with Gasteiger partial charge in [-0.15, -0.1) is 0 Å². The maximum atomic E-state index is 12.2. The Morgan fingerprint density at radius 3 is 2.63 bits per heavy atom. The number of benzene rings is 1. The second-order valence-electron chi connectivity index (χ2n) is 8.11. The van der Waals surface area contributed by atoms with Crippen molar-refractivity contribution in [1.29, 1.82) is 0 Å². The summed E-state index contributed by atoms with van der Waals surface area (Å²) in [5.74, 6) is 1.69. The third-order valence-electron chi connectivity index (χ3n) is 5.72. The Morgan fingerprint density at radius 2 is 1.93 bits per heavy atom. The number of nitrogens with one attached hydrogen (secondary N) is 2. The lowest BCUT2D eigenvalue weighted by atomic mass is 9.86. The molecule has 1 amide bonds. The van der Waals surface area contributed by atoms with Crippen molar-refractivity contribution < 1.29 is 9.21 Å². The van der Waals surface area contributed by atoms with Crippen LogP contribution in [0.15, 0.2) is 46.9 Å². The van der Waals surface area contributed by atoms with Gasteiger partial charge >= 0.3 is 0 Å². The molecule has 0 spiro atoms. The number of para-hydroxylation sites is 1. The normalized spacial score (nSPS) is 18.9. The van der Waals surface area contributed by atoms with Crippen LogP contribution in [0.1, 0.15) is 36.2 Å². The van der Waals surface area contributed by atoms with Gasteiger partial charge in [-0.05, 0) is 72.4 Å². The van der Waals surface area contributed by atoms with E-state index in [0.717, 1.165) is 40.8 Å². The fourth-order valence-electron chi connectivity index (χ4n) is 4.08. The van der Waals surface area contributed by atoms with Crippen molar-refractivity contribution in [3.63, 3.8) is 0 Å². The predicted octanol–water partition coefficient (Wildman–Crippen LogP) is 4.90. The van der Waals surface area contributed by atoms with E-state index in [2.05, 4.69) is 76.5 Å². The molecule has 6 nitrogen and oxygen atoms in total. The summed E-state index contributed by atoms with van der Waals surface area (Å²) in [5, 5.41) is 7.82. The second-order valence-corrected chi connectivity index (χ2v) is 9.18. The Hall–Kier alpha value is -2.29. The van der Waals surface area contributed by atoms with Crippen LogP contribution in [0.4, 0.5) is 11.5 Å². The SMILES string of the molecule is CN(C)c1cc(NC2CCC(CNC(=O)c3ccc(I)o3)CC2)nc2ccccc12. The summed E-state index contributed by atoms with van der Waals surface area (Å²) in [7, 11) is 4.13. The van der Waals surface area contributed by atoms with Gasteiger partial charge in [0.05, 0.1) is 5.52 Å². The van der Waals surface area contributed by atoms with E-state index in [1.165, 1.54) is 11.1 Å². The maximum absolute atomic E-state index is 12.2. The number of halogens is 1. The summed E-state index contributed by atoms with van der Waals surface area (Å²) in [6.45, 7) is 0.696. The molecule has 2 heterocycles. The number of hydrogen-bond donors (Lipinski definition) is 2. The number of carbonyl (C=O) groups excluding carboxylic acids is 1. The molecule has 30 heavy (non-hydrogen) atoms. The lowest BCUT2D eigenvalue weighted by Gasteiger charge is -2.30. The van der Waals surface area contributed by atoms with Gasteiger partial charge in [0.15, 0.2) is 9.53 Å². The highest BCUT2D eigenvalue weighted by molar-refractivity contribution is 14.1. The first kappa shape index (κ1) is 21.0. The van der Waals surface area contributed by atoms with Crippen molar-refractivity contribution in [3.8, 4) is 0 Å².